The lowest BCUT2D eigenvalue weighted by Crippen LogP contribution is -2.40. The maximum Gasteiger partial charge on any atom is 0.364 e. The van der Waals surface area contributed by atoms with Crippen LogP contribution in [0.25, 0.3) is 0 Å². The van der Waals surface area contributed by atoms with E-state index in [9.17, 15) is 22.4 Å². The fourth-order valence-corrected chi connectivity index (χ4v) is 1.04. The van der Waals surface area contributed by atoms with Crippen molar-refractivity contribution in [2.45, 2.75) is 39.0 Å². The van der Waals surface area contributed by atoms with E-state index in [1.165, 1.54) is 13.8 Å². The van der Waals surface area contributed by atoms with E-state index in [4.69, 9.17) is 0 Å². The molecular formula is C8H12F4O. The number of alkyl halides is 4. The van der Waals surface area contributed by atoms with Gasteiger partial charge in [-0.15, -0.1) is 0 Å². The van der Waals surface area contributed by atoms with Gasteiger partial charge in [0.2, 0.25) is 5.78 Å². The minimum atomic E-state index is -4.49. The van der Waals surface area contributed by atoms with Gasteiger partial charge in [0.25, 0.3) is 0 Å². The second kappa shape index (κ2) is 4.58. The molecule has 0 aromatic carbocycles. The van der Waals surface area contributed by atoms with Crippen LogP contribution in [-0.2, 0) is 4.79 Å². The van der Waals surface area contributed by atoms with Gasteiger partial charge < -0.3 is 0 Å². The molecule has 0 rings (SSSR count). The fraction of sp³-hybridized carbons (Fsp3) is 0.875. The highest BCUT2D eigenvalue weighted by atomic mass is 19.3. The van der Waals surface area contributed by atoms with Gasteiger partial charge >= 0.3 is 12.3 Å². The molecule has 5 heteroatoms. The molecule has 0 spiro atoms. The highest BCUT2D eigenvalue weighted by Gasteiger charge is 2.50. The predicted octanol–water partition coefficient (Wildman–Crippen LogP) is 2.89. The zero-order valence-corrected chi connectivity index (χ0v) is 7.49. The summed E-state index contributed by atoms with van der Waals surface area (Å²) in [5, 5.41) is 0. The molecule has 0 heterocycles. The second-order valence-electron chi connectivity index (χ2n) is 2.80. The molecule has 0 radical (unpaired) electrons. The minimum Gasteiger partial charge on any atom is -0.292 e. The predicted molar refractivity (Wildman–Crippen MR) is 40.0 cm³/mol. The van der Waals surface area contributed by atoms with E-state index >= 15 is 0 Å². The third kappa shape index (κ3) is 2.67. The van der Waals surface area contributed by atoms with Gasteiger partial charge in [-0.05, 0) is 12.8 Å². The first-order valence-corrected chi connectivity index (χ1v) is 4.08. The van der Waals surface area contributed by atoms with Gasteiger partial charge in [-0.1, -0.05) is 13.8 Å². The summed E-state index contributed by atoms with van der Waals surface area (Å²) in [5.74, 6) is -7.10. The van der Waals surface area contributed by atoms with Crippen LogP contribution >= 0.6 is 0 Å². The summed E-state index contributed by atoms with van der Waals surface area (Å²) in [6.45, 7) is 3.04. The Labute approximate surface area is 74.1 Å². The molecule has 13 heavy (non-hydrogen) atoms. The second-order valence-corrected chi connectivity index (χ2v) is 2.80. The molecule has 0 fully saturated rings. The highest BCUT2D eigenvalue weighted by Crippen LogP contribution is 2.29. The zero-order chi connectivity index (χ0) is 10.6. The third-order valence-electron chi connectivity index (χ3n) is 1.96. The van der Waals surface area contributed by atoms with E-state index in [1.807, 2.05) is 0 Å². The Hall–Kier alpha value is -0.610. The third-order valence-corrected chi connectivity index (χ3v) is 1.96. The monoisotopic (exact) mass is 200 g/mol. The lowest BCUT2D eigenvalue weighted by atomic mass is 9.94. The Balaban J connectivity index is 4.56. The number of hydrogen-bond donors (Lipinski definition) is 0. The van der Waals surface area contributed by atoms with Crippen molar-refractivity contribution in [3.05, 3.63) is 0 Å². The highest BCUT2D eigenvalue weighted by molar-refractivity contribution is 5.88. The smallest absolute Gasteiger partial charge is 0.292 e. The van der Waals surface area contributed by atoms with Crippen LogP contribution in [0.2, 0.25) is 0 Å². The Bertz CT molecular complexity index is 175. The summed E-state index contributed by atoms with van der Waals surface area (Å²) in [6.07, 6.45) is -3.57. The van der Waals surface area contributed by atoms with E-state index in [1.54, 1.807) is 0 Å². The van der Waals surface area contributed by atoms with Crippen molar-refractivity contribution in [1.82, 2.24) is 0 Å². The van der Waals surface area contributed by atoms with E-state index in [-0.39, 0.29) is 12.8 Å². The number of Topliss-reactive ketones (excluding diaryl/α,β-unsaturated/α-hetero) is 1. The standard InChI is InChI=1S/C8H12F4O/c1-3-5(4-2)6(13)8(11,12)7(9)10/h5,7H,3-4H2,1-2H3. The number of rotatable bonds is 5. The summed E-state index contributed by atoms with van der Waals surface area (Å²) in [6, 6.07) is 0. The molecular weight excluding hydrogens is 188 g/mol. The van der Waals surface area contributed by atoms with Crippen LogP contribution in [0, 0.1) is 5.92 Å². The van der Waals surface area contributed by atoms with Crippen molar-refractivity contribution in [3.8, 4) is 0 Å². The molecule has 0 aliphatic rings. The Morgan fingerprint density at radius 3 is 1.85 bits per heavy atom. The van der Waals surface area contributed by atoms with Crippen molar-refractivity contribution in [1.29, 1.82) is 0 Å². The summed E-state index contributed by atoms with van der Waals surface area (Å²) >= 11 is 0. The van der Waals surface area contributed by atoms with Crippen LogP contribution in [0.5, 0.6) is 0 Å². The molecule has 0 aliphatic heterocycles. The first-order chi connectivity index (χ1) is 5.87. The largest absolute Gasteiger partial charge is 0.364 e. The summed E-state index contributed by atoms with van der Waals surface area (Å²) in [5.41, 5.74) is 0. The molecule has 0 saturated heterocycles. The molecule has 0 aliphatic carbocycles. The number of carbonyl (C=O) groups excluding carboxylic acids is 1. The van der Waals surface area contributed by atoms with Crippen LogP contribution in [0.1, 0.15) is 26.7 Å². The van der Waals surface area contributed by atoms with Gasteiger partial charge in [0.15, 0.2) is 0 Å². The Morgan fingerprint density at radius 1 is 1.23 bits per heavy atom. The lowest BCUT2D eigenvalue weighted by molar-refractivity contribution is -0.171. The van der Waals surface area contributed by atoms with E-state index in [0.717, 1.165) is 0 Å². The SMILES string of the molecule is CCC(CC)C(=O)C(F)(F)C(F)F. The first kappa shape index (κ1) is 12.4. The van der Waals surface area contributed by atoms with Crippen molar-refractivity contribution in [2.24, 2.45) is 5.92 Å². The molecule has 0 saturated carbocycles. The summed E-state index contributed by atoms with van der Waals surface area (Å²) in [4.78, 5) is 10.8. The first-order valence-electron chi connectivity index (χ1n) is 4.08. The Kier molecular flexibility index (Phi) is 4.36. The van der Waals surface area contributed by atoms with Gasteiger partial charge in [-0.2, -0.15) is 8.78 Å². The maximum atomic E-state index is 12.5. The van der Waals surface area contributed by atoms with Crippen LogP contribution < -0.4 is 0 Å². The molecule has 0 aromatic heterocycles. The van der Waals surface area contributed by atoms with E-state index < -0.39 is 24.0 Å². The van der Waals surface area contributed by atoms with Crippen molar-refractivity contribution >= 4 is 5.78 Å². The molecule has 0 amide bonds. The Morgan fingerprint density at radius 2 is 1.62 bits per heavy atom. The molecule has 0 aromatic rings. The average Bonchev–Trinajstić information content (AvgIpc) is 2.06. The molecule has 0 N–H and O–H groups in total. The number of ketones is 1. The zero-order valence-electron chi connectivity index (χ0n) is 7.49. The van der Waals surface area contributed by atoms with Crippen LogP contribution in [0.15, 0.2) is 0 Å². The van der Waals surface area contributed by atoms with E-state index in [2.05, 4.69) is 0 Å². The van der Waals surface area contributed by atoms with Crippen molar-refractivity contribution < 1.29 is 22.4 Å². The summed E-state index contributed by atoms with van der Waals surface area (Å²) < 4.78 is 48.4. The van der Waals surface area contributed by atoms with Crippen LogP contribution in [-0.4, -0.2) is 18.1 Å². The van der Waals surface area contributed by atoms with Crippen LogP contribution in [0.3, 0.4) is 0 Å². The van der Waals surface area contributed by atoms with Gasteiger partial charge in [-0.3, -0.25) is 4.79 Å². The number of carbonyl (C=O) groups is 1. The number of hydrogen-bond acceptors (Lipinski definition) is 1. The molecule has 78 valence electrons. The maximum absolute atomic E-state index is 12.5. The average molecular weight is 200 g/mol. The normalized spacial score (nSPS) is 12.6. The topological polar surface area (TPSA) is 17.1 Å². The quantitative estimate of drug-likeness (QED) is 0.623. The van der Waals surface area contributed by atoms with Gasteiger partial charge in [-0.25, -0.2) is 8.78 Å². The lowest BCUT2D eigenvalue weighted by Gasteiger charge is -2.18. The fourth-order valence-electron chi connectivity index (χ4n) is 1.04. The molecule has 1 nitrogen and oxygen atoms in total. The van der Waals surface area contributed by atoms with Crippen molar-refractivity contribution in [3.63, 3.8) is 0 Å². The molecule has 0 unspecified atom stereocenters. The number of halogens is 4. The molecule has 0 atom stereocenters. The molecule has 0 bridgehead atoms. The summed E-state index contributed by atoms with van der Waals surface area (Å²) in [7, 11) is 0. The van der Waals surface area contributed by atoms with Gasteiger partial charge in [0.1, 0.15) is 0 Å². The van der Waals surface area contributed by atoms with Crippen LogP contribution in [0.4, 0.5) is 17.6 Å². The van der Waals surface area contributed by atoms with Gasteiger partial charge in [0.05, 0.1) is 0 Å². The minimum absolute atomic E-state index is 0.164. The van der Waals surface area contributed by atoms with Gasteiger partial charge in [0, 0.05) is 5.92 Å². The van der Waals surface area contributed by atoms with Crippen molar-refractivity contribution in [2.75, 3.05) is 0 Å². The van der Waals surface area contributed by atoms with E-state index in [0.29, 0.717) is 0 Å².